The van der Waals surface area contributed by atoms with Crippen molar-refractivity contribution in [1.82, 2.24) is 24.6 Å². The third-order valence-electron chi connectivity index (χ3n) is 6.20. The lowest BCUT2D eigenvalue weighted by Crippen LogP contribution is -2.14. The third-order valence-corrected chi connectivity index (χ3v) is 7.15. The van der Waals surface area contributed by atoms with Crippen LogP contribution < -0.4 is 10.1 Å². The van der Waals surface area contributed by atoms with Gasteiger partial charge in [0.25, 0.3) is 0 Å². The van der Waals surface area contributed by atoms with Gasteiger partial charge in [0.1, 0.15) is 5.75 Å². The lowest BCUT2D eigenvalue weighted by Gasteiger charge is -2.14. The summed E-state index contributed by atoms with van der Waals surface area (Å²) in [6.45, 7) is 5.82. The predicted octanol–water partition coefficient (Wildman–Crippen LogP) is 6.22. The van der Waals surface area contributed by atoms with Gasteiger partial charge in [-0.1, -0.05) is 74.1 Å². The van der Waals surface area contributed by atoms with E-state index in [9.17, 15) is 0 Å². The molecule has 0 amide bonds. The number of thioether (sulfide) groups is 1. The maximum atomic E-state index is 5.29. The van der Waals surface area contributed by atoms with Crippen LogP contribution in [0.3, 0.4) is 0 Å². The van der Waals surface area contributed by atoms with Crippen LogP contribution in [0.1, 0.15) is 25.0 Å². The van der Waals surface area contributed by atoms with E-state index in [0.29, 0.717) is 11.8 Å². The van der Waals surface area contributed by atoms with E-state index in [0.717, 1.165) is 34.7 Å². The molecule has 0 spiro atoms. The smallest absolute Gasteiger partial charge is 0.196 e. The highest BCUT2D eigenvalue weighted by atomic mass is 32.2. The zero-order valence-corrected chi connectivity index (χ0v) is 21.9. The molecule has 0 unspecified atom stereocenters. The van der Waals surface area contributed by atoms with Crippen molar-refractivity contribution in [2.75, 3.05) is 7.11 Å². The molecule has 2 heterocycles. The fourth-order valence-electron chi connectivity index (χ4n) is 4.53. The summed E-state index contributed by atoms with van der Waals surface area (Å²) in [5.74, 6) is 1.72. The molecule has 7 heteroatoms. The molecule has 0 aliphatic heterocycles. The number of para-hydroxylation sites is 2. The topological polar surface area (TPSA) is 56.9 Å². The Hall–Kier alpha value is -3.55. The van der Waals surface area contributed by atoms with Crippen LogP contribution >= 0.6 is 11.8 Å². The van der Waals surface area contributed by atoms with Crippen molar-refractivity contribution in [3.05, 3.63) is 90.0 Å². The van der Waals surface area contributed by atoms with E-state index in [1.807, 2.05) is 18.2 Å². The highest BCUT2D eigenvalue weighted by Crippen LogP contribution is 2.36. The van der Waals surface area contributed by atoms with Gasteiger partial charge >= 0.3 is 0 Å². The highest BCUT2D eigenvalue weighted by Gasteiger charge is 2.24. The summed E-state index contributed by atoms with van der Waals surface area (Å²) < 4.78 is 9.72. The first-order chi connectivity index (χ1) is 17.6. The normalized spacial score (nSPS) is 11.5. The van der Waals surface area contributed by atoms with Crippen molar-refractivity contribution >= 4 is 22.7 Å². The zero-order valence-electron chi connectivity index (χ0n) is 21.1. The van der Waals surface area contributed by atoms with E-state index in [1.54, 1.807) is 18.9 Å². The van der Waals surface area contributed by atoms with Gasteiger partial charge in [0.05, 0.1) is 12.8 Å². The molecule has 0 radical (unpaired) electrons. The van der Waals surface area contributed by atoms with Crippen molar-refractivity contribution in [2.24, 2.45) is 7.05 Å². The number of hydrogen-bond acceptors (Lipinski definition) is 5. The van der Waals surface area contributed by atoms with Gasteiger partial charge in [0.15, 0.2) is 11.0 Å². The summed E-state index contributed by atoms with van der Waals surface area (Å²) in [6.07, 6.45) is 0. The zero-order chi connectivity index (χ0) is 25.1. The predicted molar refractivity (Wildman–Crippen MR) is 148 cm³/mol. The fourth-order valence-corrected chi connectivity index (χ4v) is 5.34. The fraction of sp³-hybridized carbons (Fsp3) is 0.241. The van der Waals surface area contributed by atoms with Crippen molar-refractivity contribution < 1.29 is 4.74 Å². The van der Waals surface area contributed by atoms with Crippen molar-refractivity contribution in [3.63, 3.8) is 0 Å². The molecule has 184 valence electrons. The third kappa shape index (κ3) is 4.76. The minimum atomic E-state index is 0.391. The van der Waals surface area contributed by atoms with Crippen LogP contribution in [0.2, 0.25) is 0 Å². The maximum Gasteiger partial charge on any atom is 0.196 e. The Morgan fingerprint density at radius 3 is 2.33 bits per heavy atom. The summed E-state index contributed by atoms with van der Waals surface area (Å²) in [5.41, 5.74) is 5.73. The van der Waals surface area contributed by atoms with Crippen LogP contribution in [0.25, 0.3) is 28.1 Å². The Morgan fingerprint density at radius 1 is 0.889 bits per heavy atom. The number of rotatable bonds is 9. The molecule has 0 aliphatic rings. The summed E-state index contributed by atoms with van der Waals surface area (Å²) in [5, 5.41) is 15.5. The van der Waals surface area contributed by atoms with Gasteiger partial charge < -0.3 is 14.6 Å². The van der Waals surface area contributed by atoms with Crippen LogP contribution in [0.4, 0.5) is 0 Å². The van der Waals surface area contributed by atoms with Gasteiger partial charge in [-0.15, -0.1) is 10.2 Å². The lowest BCUT2D eigenvalue weighted by molar-refractivity contribution is 0.414. The SMILES string of the molecule is COc1ccc(CNCc2c(-c3nnc(SC(C)C)n3-c3ccccc3)n(C)c3ccccc23)cc1. The Kier molecular flexibility index (Phi) is 7.11. The van der Waals surface area contributed by atoms with Crippen LogP contribution in [0.15, 0.2) is 84.0 Å². The van der Waals surface area contributed by atoms with E-state index in [4.69, 9.17) is 9.84 Å². The van der Waals surface area contributed by atoms with Crippen molar-refractivity contribution in [2.45, 2.75) is 37.3 Å². The van der Waals surface area contributed by atoms with Gasteiger partial charge in [-0.3, -0.25) is 4.57 Å². The van der Waals surface area contributed by atoms with Crippen LogP contribution in [0, 0.1) is 0 Å². The molecule has 0 atom stereocenters. The Labute approximate surface area is 216 Å². The first-order valence-corrected chi connectivity index (χ1v) is 13.0. The monoisotopic (exact) mass is 497 g/mol. The first-order valence-electron chi connectivity index (χ1n) is 12.1. The number of hydrogen-bond donors (Lipinski definition) is 1. The minimum absolute atomic E-state index is 0.391. The molecule has 5 aromatic rings. The van der Waals surface area contributed by atoms with E-state index in [1.165, 1.54) is 22.0 Å². The Morgan fingerprint density at radius 2 is 1.61 bits per heavy atom. The van der Waals surface area contributed by atoms with Crippen LogP contribution in [-0.4, -0.2) is 31.7 Å². The van der Waals surface area contributed by atoms with Gasteiger partial charge in [-0.05, 0) is 35.9 Å². The summed E-state index contributed by atoms with van der Waals surface area (Å²) in [7, 11) is 3.80. The first kappa shape index (κ1) is 24.2. The number of nitrogens with one attached hydrogen (secondary N) is 1. The Bertz CT molecular complexity index is 1450. The summed E-state index contributed by atoms with van der Waals surface area (Å²) in [4.78, 5) is 0. The molecule has 0 fully saturated rings. The van der Waals surface area contributed by atoms with Crippen LogP contribution in [0.5, 0.6) is 5.75 Å². The number of ether oxygens (including phenoxy) is 1. The number of methoxy groups -OCH3 is 1. The minimum Gasteiger partial charge on any atom is -0.497 e. The highest BCUT2D eigenvalue weighted by molar-refractivity contribution is 7.99. The summed E-state index contributed by atoms with van der Waals surface area (Å²) >= 11 is 1.73. The van der Waals surface area contributed by atoms with E-state index in [2.05, 4.69) is 101 Å². The average molecular weight is 498 g/mol. The molecule has 0 aliphatic carbocycles. The molecule has 1 N–H and O–H groups in total. The molecule has 0 saturated carbocycles. The van der Waals surface area contributed by atoms with E-state index < -0.39 is 0 Å². The van der Waals surface area contributed by atoms with Crippen molar-refractivity contribution in [3.8, 4) is 23.0 Å². The molecular formula is C29H31N5OS. The van der Waals surface area contributed by atoms with Crippen molar-refractivity contribution in [1.29, 1.82) is 0 Å². The van der Waals surface area contributed by atoms with Gasteiger partial charge in [-0.25, -0.2) is 0 Å². The standard InChI is InChI=1S/C29H31N5OS/c1-20(2)36-29-32-31-28(34(29)22-10-6-5-7-11-22)27-25(24-12-8-9-13-26(24)33(27)3)19-30-18-21-14-16-23(35-4)17-15-21/h5-17,20,30H,18-19H2,1-4H3. The van der Waals surface area contributed by atoms with Gasteiger partial charge in [-0.2, -0.15) is 0 Å². The lowest BCUT2D eigenvalue weighted by atomic mass is 10.1. The van der Waals surface area contributed by atoms with Gasteiger partial charge in [0, 0.05) is 47.5 Å². The summed E-state index contributed by atoms with van der Waals surface area (Å²) in [6, 6.07) is 27.1. The molecule has 0 saturated heterocycles. The molecular weight excluding hydrogens is 466 g/mol. The second kappa shape index (κ2) is 10.6. The number of nitrogens with zero attached hydrogens (tertiary/aromatic N) is 4. The molecule has 3 aromatic carbocycles. The number of fused-ring (bicyclic) bond motifs is 1. The number of aryl methyl sites for hydroxylation is 1. The number of aromatic nitrogens is 4. The average Bonchev–Trinajstić information content (AvgIpc) is 3.42. The maximum absolute atomic E-state index is 5.29. The molecule has 0 bridgehead atoms. The van der Waals surface area contributed by atoms with E-state index >= 15 is 0 Å². The quantitative estimate of drug-likeness (QED) is 0.245. The van der Waals surface area contributed by atoms with E-state index in [-0.39, 0.29) is 0 Å². The second-order valence-electron chi connectivity index (χ2n) is 9.00. The molecule has 36 heavy (non-hydrogen) atoms. The molecule has 2 aromatic heterocycles. The largest absolute Gasteiger partial charge is 0.497 e. The second-order valence-corrected chi connectivity index (χ2v) is 10.5. The van der Waals surface area contributed by atoms with Crippen LogP contribution in [-0.2, 0) is 20.1 Å². The van der Waals surface area contributed by atoms with Gasteiger partial charge in [0.2, 0.25) is 0 Å². The molecule has 5 rings (SSSR count). The molecule has 6 nitrogen and oxygen atoms in total. The Balaban J connectivity index is 1.58. The number of benzene rings is 3.